The van der Waals surface area contributed by atoms with Crippen molar-refractivity contribution in [2.75, 3.05) is 0 Å². The van der Waals surface area contributed by atoms with Gasteiger partial charge in [-0.2, -0.15) is 18.3 Å². The summed E-state index contributed by atoms with van der Waals surface area (Å²) in [5.41, 5.74) is 1.07. The van der Waals surface area contributed by atoms with Gasteiger partial charge in [-0.1, -0.05) is 12.1 Å². The van der Waals surface area contributed by atoms with E-state index in [9.17, 15) is 27.6 Å². The van der Waals surface area contributed by atoms with Gasteiger partial charge in [-0.25, -0.2) is 9.07 Å². The molecule has 0 bridgehead atoms. The van der Waals surface area contributed by atoms with E-state index in [-0.39, 0.29) is 24.2 Å². The number of carbonyl (C=O) groups is 1. The SMILES string of the molecule is O=C(NCc1cccc(C(F)(F)F)c1)C1=CN(O)Cc2c1cnn2-c1ccc(F)cc1. The molecule has 0 saturated heterocycles. The van der Waals surface area contributed by atoms with Crippen molar-refractivity contribution in [3.63, 3.8) is 0 Å². The zero-order valence-corrected chi connectivity index (χ0v) is 15.9. The number of nitrogens with zero attached hydrogens (tertiary/aromatic N) is 3. The molecule has 0 spiro atoms. The fourth-order valence-electron chi connectivity index (χ4n) is 3.29. The maximum absolute atomic E-state index is 13.2. The Morgan fingerprint density at radius 3 is 2.61 bits per heavy atom. The molecule has 10 heteroatoms. The van der Waals surface area contributed by atoms with E-state index in [0.717, 1.165) is 17.2 Å². The van der Waals surface area contributed by atoms with Crippen LogP contribution >= 0.6 is 0 Å². The lowest BCUT2D eigenvalue weighted by Gasteiger charge is -2.22. The van der Waals surface area contributed by atoms with E-state index in [1.54, 1.807) is 0 Å². The van der Waals surface area contributed by atoms with E-state index in [0.29, 0.717) is 16.9 Å². The van der Waals surface area contributed by atoms with E-state index < -0.39 is 23.5 Å². The minimum atomic E-state index is -4.48. The molecule has 0 unspecified atom stereocenters. The van der Waals surface area contributed by atoms with Gasteiger partial charge in [0, 0.05) is 18.3 Å². The number of halogens is 4. The number of amides is 1. The number of nitrogens with one attached hydrogen (secondary N) is 1. The first-order valence-electron chi connectivity index (χ1n) is 9.17. The second kappa shape index (κ2) is 7.88. The molecule has 2 heterocycles. The smallest absolute Gasteiger partial charge is 0.348 e. The highest BCUT2D eigenvalue weighted by Crippen LogP contribution is 2.30. The van der Waals surface area contributed by atoms with Crippen molar-refractivity contribution >= 4 is 11.5 Å². The third kappa shape index (κ3) is 4.29. The Morgan fingerprint density at radius 2 is 1.90 bits per heavy atom. The predicted molar refractivity (Wildman–Crippen MR) is 102 cm³/mol. The highest BCUT2D eigenvalue weighted by Gasteiger charge is 2.30. The van der Waals surface area contributed by atoms with Gasteiger partial charge in [0.15, 0.2) is 0 Å². The van der Waals surface area contributed by atoms with Crippen LogP contribution in [0.5, 0.6) is 0 Å². The summed E-state index contributed by atoms with van der Waals surface area (Å²) < 4.78 is 53.3. The van der Waals surface area contributed by atoms with Crippen LogP contribution in [0.2, 0.25) is 0 Å². The molecule has 0 atom stereocenters. The first kappa shape index (κ1) is 20.6. The van der Waals surface area contributed by atoms with Crippen LogP contribution in [0.3, 0.4) is 0 Å². The molecule has 0 aliphatic carbocycles. The maximum Gasteiger partial charge on any atom is 0.416 e. The number of hydroxylamine groups is 2. The molecule has 6 nitrogen and oxygen atoms in total. The van der Waals surface area contributed by atoms with E-state index >= 15 is 0 Å². The molecular formula is C21H16F4N4O2. The molecule has 3 aromatic rings. The molecule has 2 N–H and O–H groups in total. The van der Waals surface area contributed by atoms with Gasteiger partial charge in [0.2, 0.25) is 0 Å². The van der Waals surface area contributed by atoms with Crippen LogP contribution in [0.25, 0.3) is 11.3 Å². The Bertz CT molecular complexity index is 1150. The number of benzene rings is 2. The number of fused-ring (bicyclic) bond motifs is 1. The van der Waals surface area contributed by atoms with E-state index in [2.05, 4.69) is 10.4 Å². The largest absolute Gasteiger partial charge is 0.416 e. The number of alkyl halides is 3. The quantitative estimate of drug-likeness (QED) is 0.614. The van der Waals surface area contributed by atoms with Crippen LogP contribution in [0.15, 0.2) is 60.9 Å². The monoisotopic (exact) mass is 432 g/mol. The fourth-order valence-corrected chi connectivity index (χ4v) is 3.29. The highest BCUT2D eigenvalue weighted by molar-refractivity contribution is 6.19. The van der Waals surface area contributed by atoms with Crippen LogP contribution in [-0.2, 0) is 24.1 Å². The minimum absolute atomic E-state index is 0.0388. The summed E-state index contributed by atoms with van der Waals surface area (Å²) in [5, 5.41) is 17.7. The van der Waals surface area contributed by atoms with Gasteiger partial charge in [0.05, 0.1) is 35.3 Å². The molecule has 1 aliphatic rings. The fraction of sp³-hybridized carbons (Fsp3) is 0.143. The molecule has 0 saturated carbocycles. The van der Waals surface area contributed by atoms with Gasteiger partial charge in [0.25, 0.3) is 5.91 Å². The van der Waals surface area contributed by atoms with Crippen LogP contribution in [0.1, 0.15) is 22.4 Å². The summed E-state index contributed by atoms with van der Waals surface area (Å²) in [6.45, 7) is -0.0932. The molecule has 1 aromatic heterocycles. The highest BCUT2D eigenvalue weighted by atomic mass is 19.4. The number of hydrogen-bond acceptors (Lipinski definition) is 4. The molecule has 160 valence electrons. The van der Waals surface area contributed by atoms with Gasteiger partial charge >= 0.3 is 6.18 Å². The summed E-state index contributed by atoms with van der Waals surface area (Å²) in [5.74, 6) is -1.00. The normalized spacial score (nSPS) is 13.6. The second-order valence-electron chi connectivity index (χ2n) is 6.91. The number of hydrogen-bond donors (Lipinski definition) is 2. The Hall–Kier alpha value is -3.66. The Labute approximate surface area is 174 Å². The van der Waals surface area contributed by atoms with E-state index in [4.69, 9.17) is 0 Å². The molecule has 31 heavy (non-hydrogen) atoms. The van der Waals surface area contributed by atoms with Crippen molar-refractivity contribution < 1.29 is 27.6 Å². The summed E-state index contributed by atoms with van der Waals surface area (Å²) in [6, 6.07) is 10.2. The molecule has 1 aliphatic heterocycles. The molecule has 0 fully saturated rings. The zero-order chi connectivity index (χ0) is 22.2. The van der Waals surface area contributed by atoms with Crippen LogP contribution in [-0.4, -0.2) is 26.0 Å². The van der Waals surface area contributed by atoms with Gasteiger partial charge < -0.3 is 5.32 Å². The molecule has 4 rings (SSSR count). The maximum atomic E-state index is 13.2. The van der Waals surface area contributed by atoms with Crippen molar-refractivity contribution in [1.29, 1.82) is 0 Å². The molecule has 1 amide bonds. The lowest BCUT2D eigenvalue weighted by molar-refractivity contribution is -0.137. The molecule has 0 radical (unpaired) electrons. The average Bonchev–Trinajstić information content (AvgIpc) is 3.15. The van der Waals surface area contributed by atoms with Crippen molar-refractivity contribution in [2.45, 2.75) is 19.3 Å². The van der Waals surface area contributed by atoms with Crippen molar-refractivity contribution in [3.05, 3.63) is 89.1 Å². The number of carbonyl (C=O) groups excluding carboxylic acids is 1. The molecular weight excluding hydrogens is 416 g/mol. The topological polar surface area (TPSA) is 70.4 Å². The van der Waals surface area contributed by atoms with Crippen LogP contribution in [0, 0.1) is 5.82 Å². The number of aromatic nitrogens is 2. The van der Waals surface area contributed by atoms with Crippen molar-refractivity contribution in [2.24, 2.45) is 0 Å². The third-order valence-electron chi connectivity index (χ3n) is 4.77. The third-order valence-corrected chi connectivity index (χ3v) is 4.77. The van der Waals surface area contributed by atoms with Crippen LogP contribution < -0.4 is 5.32 Å². The number of rotatable bonds is 4. The zero-order valence-electron chi connectivity index (χ0n) is 15.9. The van der Waals surface area contributed by atoms with Gasteiger partial charge in [0.1, 0.15) is 5.82 Å². The Balaban J connectivity index is 1.55. The van der Waals surface area contributed by atoms with Gasteiger partial charge in [-0.15, -0.1) is 0 Å². The van der Waals surface area contributed by atoms with Crippen molar-refractivity contribution in [3.8, 4) is 5.69 Å². The molecule has 2 aromatic carbocycles. The van der Waals surface area contributed by atoms with E-state index in [1.807, 2.05) is 0 Å². The van der Waals surface area contributed by atoms with Gasteiger partial charge in [-0.3, -0.25) is 15.1 Å². The minimum Gasteiger partial charge on any atom is -0.348 e. The predicted octanol–water partition coefficient (Wildman–Crippen LogP) is 3.89. The summed E-state index contributed by atoms with van der Waals surface area (Å²) in [7, 11) is 0. The average molecular weight is 432 g/mol. The first-order valence-corrected chi connectivity index (χ1v) is 9.17. The van der Waals surface area contributed by atoms with Crippen LogP contribution in [0.4, 0.5) is 17.6 Å². The van der Waals surface area contributed by atoms with Gasteiger partial charge in [-0.05, 0) is 42.0 Å². The lowest BCUT2D eigenvalue weighted by atomic mass is 10.0. The summed E-state index contributed by atoms with van der Waals surface area (Å²) >= 11 is 0. The Kier molecular flexibility index (Phi) is 5.24. The standard InChI is InChI=1S/C21H16F4N4O2/c22-15-4-6-16(7-5-15)29-19-12-28(31)11-18(17(19)10-27-29)20(30)26-9-13-2-1-3-14(8-13)21(23,24)25/h1-8,10-11,31H,9,12H2,(H,26,30). The summed E-state index contributed by atoms with van der Waals surface area (Å²) in [6.07, 6.45) is -1.81. The lowest BCUT2D eigenvalue weighted by Crippen LogP contribution is -2.29. The second-order valence-corrected chi connectivity index (χ2v) is 6.91. The first-order chi connectivity index (χ1) is 14.7. The van der Waals surface area contributed by atoms with E-state index in [1.165, 1.54) is 53.5 Å². The van der Waals surface area contributed by atoms with Crippen molar-refractivity contribution in [1.82, 2.24) is 20.2 Å². The summed E-state index contributed by atoms with van der Waals surface area (Å²) in [4.78, 5) is 12.7. The Morgan fingerprint density at radius 1 is 1.16 bits per heavy atom.